The number of allylic oxidation sites excluding steroid dienone is 1. The Morgan fingerprint density at radius 2 is 2.00 bits per heavy atom. The zero-order chi connectivity index (χ0) is 10.7. The average Bonchev–Trinajstić information content (AvgIpc) is 2.30. The van der Waals surface area contributed by atoms with Gasteiger partial charge >= 0.3 is 0 Å². The van der Waals surface area contributed by atoms with Crippen molar-refractivity contribution in [3.8, 4) is 0 Å². The summed E-state index contributed by atoms with van der Waals surface area (Å²) in [6.45, 7) is 0. The molecule has 15 heavy (non-hydrogen) atoms. The maximum atomic E-state index is 10.2. The van der Waals surface area contributed by atoms with Crippen LogP contribution in [0.1, 0.15) is 30.9 Å². The van der Waals surface area contributed by atoms with Gasteiger partial charge in [-0.2, -0.15) is 0 Å². The van der Waals surface area contributed by atoms with Crippen LogP contribution in [0.25, 0.3) is 0 Å². The Morgan fingerprint density at radius 3 is 2.60 bits per heavy atom. The summed E-state index contributed by atoms with van der Waals surface area (Å²) in [5.41, 5.74) is 1.03. The molecule has 2 atom stereocenters. The first-order chi connectivity index (χ1) is 7.27. The lowest BCUT2D eigenvalue weighted by molar-refractivity contribution is 0.123. The lowest BCUT2D eigenvalue weighted by Gasteiger charge is -2.22. The van der Waals surface area contributed by atoms with Crippen LogP contribution >= 0.6 is 22.6 Å². The highest BCUT2D eigenvalue weighted by Crippen LogP contribution is 2.30. The summed E-state index contributed by atoms with van der Waals surface area (Å²) in [6, 6.07) is 8.14. The van der Waals surface area contributed by atoms with Gasteiger partial charge < -0.3 is 5.11 Å². The Hall–Kier alpha value is -0.350. The Bertz CT molecular complexity index is 342. The van der Waals surface area contributed by atoms with Gasteiger partial charge in [-0.15, -0.1) is 0 Å². The molecule has 1 aliphatic carbocycles. The van der Waals surface area contributed by atoms with Crippen LogP contribution in [0.2, 0.25) is 0 Å². The number of hydrogen-bond donors (Lipinski definition) is 1. The molecule has 2 heteroatoms. The van der Waals surface area contributed by atoms with Crippen LogP contribution in [0.3, 0.4) is 0 Å². The molecule has 0 saturated carbocycles. The van der Waals surface area contributed by atoms with E-state index < -0.39 is 0 Å². The Balaban J connectivity index is 2.12. The molecule has 0 bridgehead atoms. The van der Waals surface area contributed by atoms with Crippen LogP contribution in [-0.2, 0) is 0 Å². The van der Waals surface area contributed by atoms with Gasteiger partial charge in [0.1, 0.15) is 0 Å². The molecule has 0 amide bonds. The SMILES string of the molecule is OC(c1ccc(I)cc1)C1C=CCCC1. The zero-order valence-corrected chi connectivity index (χ0v) is 10.7. The number of rotatable bonds is 2. The number of benzene rings is 1. The number of aliphatic hydroxyl groups is 1. The molecule has 1 aliphatic rings. The van der Waals surface area contributed by atoms with Crippen LogP contribution < -0.4 is 0 Å². The van der Waals surface area contributed by atoms with E-state index in [1.807, 2.05) is 24.3 Å². The summed E-state index contributed by atoms with van der Waals surface area (Å²) in [5, 5.41) is 10.2. The molecule has 1 aromatic carbocycles. The molecular formula is C13H15IO. The van der Waals surface area contributed by atoms with E-state index in [2.05, 4.69) is 34.7 Å². The van der Waals surface area contributed by atoms with Gasteiger partial charge in [0.15, 0.2) is 0 Å². The summed E-state index contributed by atoms with van der Waals surface area (Å²) in [7, 11) is 0. The molecule has 0 aliphatic heterocycles. The molecule has 1 nitrogen and oxygen atoms in total. The smallest absolute Gasteiger partial charge is 0.0852 e. The van der Waals surface area contributed by atoms with Crippen molar-refractivity contribution in [2.45, 2.75) is 25.4 Å². The standard InChI is InChI=1S/C13H15IO/c14-12-8-6-11(7-9-12)13(15)10-4-2-1-3-5-10/h2,4,6-10,13,15H,1,3,5H2. The van der Waals surface area contributed by atoms with Crippen molar-refractivity contribution < 1.29 is 5.11 Å². The number of halogens is 1. The van der Waals surface area contributed by atoms with Gasteiger partial charge in [0.2, 0.25) is 0 Å². The van der Waals surface area contributed by atoms with Crippen molar-refractivity contribution >= 4 is 22.6 Å². The highest BCUT2D eigenvalue weighted by atomic mass is 127. The number of hydrogen-bond acceptors (Lipinski definition) is 1. The fraction of sp³-hybridized carbons (Fsp3) is 0.385. The van der Waals surface area contributed by atoms with Crippen LogP contribution in [0.4, 0.5) is 0 Å². The fourth-order valence-electron chi connectivity index (χ4n) is 2.01. The molecule has 80 valence electrons. The van der Waals surface area contributed by atoms with Gasteiger partial charge in [-0.05, 0) is 59.5 Å². The third kappa shape index (κ3) is 2.82. The normalized spacial score (nSPS) is 22.7. The second kappa shape index (κ2) is 5.12. The summed E-state index contributed by atoms with van der Waals surface area (Å²) >= 11 is 2.28. The van der Waals surface area contributed by atoms with Crippen LogP contribution in [0, 0.1) is 9.49 Å². The summed E-state index contributed by atoms with van der Waals surface area (Å²) < 4.78 is 1.21. The Labute approximate surface area is 104 Å². The van der Waals surface area contributed by atoms with Crippen molar-refractivity contribution in [3.63, 3.8) is 0 Å². The second-order valence-electron chi connectivity index (χ2n) is 4.02. The lowest BCUT2D eigenvalue weighted by Crippen LogP contribution is -2.12. The molecule has 0 fully saturated rings. The minimum atomic E-state index is -0.335. The van der Waals surface area contributed by atoms with Crippen LogP contribution in [0.15, 0.2) is 36.4 Å². The molecule has 0 saturated heterocycles. The van der Waals surface area contributed by atoms with E-state index in [1.54, 1.807) is 0 Å². The second-order valence-corrected chi connectivity index (χ2v) is 5.26. The highest BCUT2D eigenvalue weighted by Gasteiger charge is 2.19. The topological polar surface area (TPSA) is 20.2 Å². The van der Waals surface area contributed by atoms with Crippen molar-refractivity contribution in [1.29, 1.82) is 0 Å². The fourth-order valence-corrected chi connectivity index (χ4v) is 2.37. The monoisotopic (exact) mass is 314 g/mol. The van der Waals surface area contributed by atoms with Crippen LogP contribution in [0.5, 0.6) is 0 Å². The van der Waals surface area contributed by atoms with E-state index in [4.69, 9.17) is 0 Å². The summed E-state index contributed by atoms with van der Waals surface area (Å²) in [5.74, 6) is 0.304. The van der Waals surface area contributed by atoms with Gasteiger partial charge in [-0.1, -0.05) is 24.3 Å². The van der Waals surface area contributed by atoms with Crippen molar-refractivity contribution in [2.75, 3.05) is 0 Å². The van der Waals surface area contributed by atoms with Crippen LogP contribution in [-0.4, -0.2) is 5.11 Å². The van der Waals surface area contributed by atoms with E-state index in [0.717, 1.165) is 18.4 Å². The molecule has 0 heterocycles. The van der Waals surface area contributed by atoms with E-state index in [9.17, 15) is 5.11 Å². The Kier molecular flexibility index (Phi) is 3.81. The molecule has 0 spiro atoms. The zero-order valence-electron chi connectivity index (χ0n) is 8.57. The minimum absolute atomic E-state index is 0.304. The lowest BCUT2D eigenvalue weighted by atomic mass is 9.87. The van der Waals surface area contributed by atoms with E-state index in [1.165, 1.54) is 9.99 Å². The van der Waals surface area contributed by atoms with Gasteiger partial charge in [0.25, 0.3) is 0 Å². The molecule has 2 rings (SSSR count). The minimum Gasteiger partial charge on any atom is -0.388 e. The third-order valence-corrected chi connectivity index (χ3v) is 3.63. The average molecular weight is 314 g/mol. The molecule has 2 unspecified atom stereocenters. The number of aliphatic hydroxyl groups excluding tert-OH is 1. The summed E-state index contributed by atoms with van der Waals surface area (Å²) in [4.78, 5) is 0. The predicted octanol–water partition coefficient (Wildman–Crippen LogP) is 3.68. The largest absolute Gasteiger partial charge is 0.388 e. The quantitative estimate of drug-likeness (QED) is 0.652. The van der Waals surface area contributed by atoms with Gasteiger partial charge in [-0.25, -0.2) is 0 Å². The molecule has 1 N–H and O–H groups in total. The first-order valence-corrected chi connectivity index (χ1v) is 6.45. The van der Waals surface area contributed by atoms with Gasteiger partial charge in [-0.3, -0.25) is 0 Å². The molecule has 0 aromatic heterocycles. The van der Waals surface area contributed by atoms with Crippen molar-refractivity contribution in [3.05, 3.63) is 45.6 Å². The summed E-state index contributed by atoms with van der Waals surface area (Å²) in [6.07, 6.45) is 7.47. The third-order valence-electron chi connectivity index (χ3n) is 2.91. The highest BCUT2D eigenvalue weighted by molar-refractivity contribution is 14.1. The molecule has 1 aromatic rings. The Morgan fingerprint density at radius 1 is 1.27 bits per heavy atom. The van der Waals surface area contributed by atoms with Gasteiger partial charge in [0.05, 0.1) is 6.10 Å². The van der Waals surface area contributed by atoms with Gasteiger partial charge in [0, 0.05) is 9.49 Å². The first kappa shape index (κ1) is 11.1. The van der Waals surface area contributed by atoms with E-state index >= 15 is 0 Å². The van der Waals surface area contributed by atoms with E-state index in [-0.39, 0.29) is 6.10 Å². The predicted molar refractivity (Wildman–Crippen MR) is 70.6 cm³/mol. The van der Waals surface area contributed by atoms with E-state index in [0.29, 0.717) is 5.92 Å². The maximum Gasteiger partial charge on any atom is 0.0852 e. The van der Waals surface area contributed by atoms with Crippen molar-refractivity contribution in [1.82, 2.24) is 0 Å². The van der Waals surface area contributed by atoms with Crippen molar-refractivity contribution in [2.24, 2.45) is 5.92 Å². The maximum absolute atomic E-state index is 10.2. The molecular weight excluding hydrogens is 299 g/mol. The molecule has 0 radical (unpaired) electrons. The first-order valence-electron chi connectivity index (χ1n) is 5.37.